The van der Waals surface area contributed by atoms with E-state index in [9.17, 15) is 4.39 Å². The van der Waals surface area contributed by atoms with Gasteiger partial charge in [-0.3, -0.25) is 5.43 Å². The van der Waals surface area contributed by atoms with E-state index in [1.807, 2.05) is 6.07 Å². The highest BCUT2D eigenvalue weighted by molar-refractivity contribution is 6.31. The summed E-state index contributed by atoms with van der Waals surface area (Å²) in [6.45, 7) is 2.72. The summed E-state index contributed by atoms with van der Waals surface area (Å²) in [5.74, 6) is -0.348. The Kier molecular flexibility index (Phi) is 4.16. The molecule has 0 radical (unpaired) electrons. The van der Waals surface area contributed by atoms with Gasteiger partial charge in [0, 0.05) is 19.6 Å². The number of rotatable bonds is 3. The molecule has 88 valence electrons. The van der Waals surface area contributed by atoms with Gasteiger partial charge in [0.05, 0.1) is 5.02 Å². The molecule has 1 N–H and O–H groups in total. The van der Waals surface area contributed by atoms with Crippen LogP contribution in [0.15, 0.2) is 18.2 Å². The molecule has 16 heavy (non-hydrogen) atoms. The third kappa shape index (κ3) is 2.94. The summed E-state index contributed by atoms with van der Waals surface area (Å²) in [7, 11) is 0. The van der Waals surface area contributed by atoms with Crippen molar-refractivity contribution in [2.75, 3.05) is 13.1 Å². The fraction of sp³-hybridized carbons (Fsp3) is 0.500. The molecule has 0 atom stereocenters. The van der Waals surface area contributed by atoms with Crippen molar-refractivity contribution >= 4 is 11.6 Å². The van der Waals surface area contributed by atoms with Crippen molar-refractivity contribution < 1.29 is 4.39 Å². The molecule has 0 aliphatic carbocycles. The van der Waals surface area contributed by atoms with E-state index in [0.29, 0.717) is 6.54 Å². The summed E-state index contributed by atoms with van der Waals surface area (Å²) in [4.78, 5) is 0. The van der Waals surface area contributed by atoms with Crippen LogP contribution in [0, 0.1) is 5.82 Å². The van der Waals surface area contributed by atoms with Gasteiger partial charge in [-0.1, -0.05) is 30.2 Å². The Morgan fingerprint density at radius 3 is 2.75 bits per heavy atom. The Morgan fingerprint density at radius 1 is 1.25 bits per heavy atom. The lowest BCUT2D eigenvalue weighted by Gasteiger charge is -2.27. The smallest absolute Gasteiger partial charge is 0.142 e. The largest absolute Gasteiger partial charge is 0.251 e. The predicted molar refractivity (Wildman–Crippen MR) is 63.7 cm³/mol. The van der Waals surface area contributed by atoms with Gasteiger partial charge in [-0.15, -0.1) is 0 Å². The number of hydrogen-bond acceptors (Lipinski definition) is 2. The van der Waals surface area contributed by atoms with Gasteiger partial charge in [-0.25, -0.2) is 9.40 Å². The lowest BCUT2D eigenvalue weighted by Crippen LogP contribution is -2.41. The third-order valence-corrected chi connectivity index (χ3v) is 3.30. The number of piperidine rings is 1. The summed E-state index contributed by atoms with van der Waals surface area (Å²) in [6.07, 6.45) is 3.76. The van der Waals surface area contributed by atoms with Gasteiger partial charge >= 0.3 is 0 Å². The Morgan fingerprint density at radius 2 is 2.00 bits per heavy atom. The highest BCUT2D eigenvalue weighted by Gasteiger charge is 2.10. The van der Waals surface area contributed by atoms with Gasteiger partial charge in [-0.2, -0.15) is 0 Å². The minimum Gasteiger partial charge on any atom is -0.251 e. The molecule has 4 heteroatoms. The predicted octanol–water partition coefficient (Wildman–Crippen LogP) is 2.97. The summed E-state index contributed by atoms with van der Waals surface area (Å²) < 4.78 is 13.2. The first-order chi connectivity index (χ1) is 7.77. The zero-order valence-electron chi connectivity index (χ0n) is 9.18. The Balaban J connectivity index is 1.91. The van der Waals surface area contributed by atoms with Crippen molar-refractivity contribution in [2.24, 2.45) is 0 Å². The molecule has 2 nitrogen and oxygen atoms in total. The lowest BCUT2D eigenvalue weighted by molar-refractivity contribution is 0.151. The molecule has 0 saturated carbocycles. The van der Waals surface area contributed by atoms with Crippen LogP contribution in [-0.2, 0) is 6.54 Å². The molecule has 0 unspecified atom stereocenters. The number of nitrogens with one attached hydrogen (secondary N) is 1. The van der Waals surface area contributed by atoms with Crippen molar-refractivity contribution in [3.05, 3.63) is 34.6 Å². The second kappa shape index (κ2) is 5.62. The van der Waals surface area contributed by atoms with Crippen LogP contribution in [-0.4, -0.2) is 18.1 Å². The highest BCUT2D eigenvalue weighted by Crippen LogP contribution is 2.19. The van der Waals surface area contributed by atoms with Gasteiger partial charge in [-0.05, 0) is 24.5 Å². The average Bonchev–Trinajstić information content (AvgIpc) is 2.32. The van der Waals surface area contributed by atoms with E-state index in [-0.39, 0.29) is 10.8 Å². The van der Waals surface area contributed by atoms with E-state index >= 15 is 0 Å². The Labute approximate surface area is 100 Å². The van der Waals surface area contributed by atoms with Crippen molar-refractivity contribution in [1.29, 1.82) is 0 Å². The summed E-state index contributed by atoms with van der Waals surface area (Å²) in [6, 6.07) is 4.92. The van der Waals surface area contributed by atoms with Crippen LogP contribution in [0.1, 0.15) is 24.8 Å². The third-order valence-electron chi connectivity index (χ3n) is 2.88. The van der Waals surface area contributed by atoms with Gasteiger partial charge < -0.3 is 0 Å². The SMILES string of the molecule is Fc1cccc(CNN2CCCCC2)c1Cl. The van der Waals surface area contributed by atoms with E-state index in [1.165, 1.54) is 25.3 Å². The summed E-state index contributed by atoms with van der Waals surface area (Å²) in [5, 5.41) is 2.41. The van der Waals surface area contributed by atoms with E-state index in [4.69, 9.17) is 11.6 Å². The van der Waals surface area contributed by atoms with Gasteiger partial charge in [0.25, 0.3) is 0 Å². The summed E-state index contributed by atoms with van der Waals surface area (Å²) in [5.41, 5.74) is 4.10. The number of hydrogen-bond donors (Lipinski definition) is 1. The molecule has 1 heterocycles. The lowest BCUT2D eigenvalue weighted by atomic mass is 10.2. The maximum Gasteiger partial charge on any atom is 0.142 e. The molecule has 1 saturated heterocycles. The molecular formula is C12H16ClFN2. The molecule has 1 fully saturated rings. The zero-order chi connectivity index (χ0) is 11.4. The zero-order valence-corrected chi connectivity index (χ0v) is 9.93. The van der Waals surface area contributed by atoms with E-state index < -0.39 is 0 Å². The first-order valence-corrected chi connectivity index (χ1v) is 6.06. The monoisotopic (exact) mass is 242 g/mol. The van der Waals surface area contributed by atoms with Crippen LogP contribution in [0.4, 0.5) is 4.39 Å². The standard InChI is InChI=1S/C12H16ClFN2/c13-12-10(5-4-6-11(12)14)9-15-16-7-2-1-3-8-16/h4-6,15H,1-3,7-9H2. The number of hydrazine groups is 1. The van der Waals surface area contributed by atoms with Gasteiger partial charge in [0.2, 0.25) is 0 Å². The van der Waals surface area contributed by atoms with Crippen molar-refractivity contribution in [3.8, 4) is 0 Å². The average molecular weight is 243 g/mol. The fourth-order valence-electron chi connectivity index (χ4n) is 1.93. The fourth-order valence-corrected chi connectivity index (χ4v) is 2.13. The first-order valence-electron chi connectivity index (χ1n) is 5.69. The van der Waals surface area contributed by atoms with E-state index in [0.717, 1.165) is 18.7 Å². The van der Waals surface area contributed by atoms with Crippen LogP contribution in [0.3, 0.4) is 0 Å². The maximum absolute atomic E-state index is 13.2. The first kappa shape index (κ1) is 11.8. The highest BCUT2D eigenvalue weighted by atomic mass is 35.5. The second-order valence-electron chi connectivity index (χ2n) is 4.10. The van der Waals surface area contributed by atoms with Gasteiger partial charge in [0.1, 0.15) is 5.82 Å². The maximum atomic E-state index is 13.2. The molecule has 1 aromatic carbocycles. The van der Waals surface area contributed by atoms with Crippen LogP contribution in [0.2, 0.25) is 5.02 Å². The normalized spacial score (nSPS) is 17.6. The van der Waals surface area contributed by atoms with Crippen LogP contribution < -0.4 is 5.43 Å². The Hall–Kier alpha value is -0.640. The van der Waals surface area contributed by atoms with Gasteiger partial charge in [0.15, 0.2) is 0 Å². The number of benzene rings is 1. The number of nitrogens with zero attached hydrogens (tertiary/aromatic N) is 1. The quantitative estimate of drug-likeness (QED) is 0.877. The molecule has 1 aliphatic heterocycles. The minimum atomic E-state index is -0.348. The molecule has 1 aromatic rings. The second-order valence-corrected chi connectivity index (χ2v) is 4.47. The van der Waals surface area contributed by atoms with E-state index in [1.54, 1.807) is 6.07 Å². The van der Waals surface area contributed by atoms with Crippen LogP contribution in [0.25, 0.3) is 0 Å². The molecule has 1 aliphatic rings. The molecule has 0 aromatic heterocycles. The summed E-state index contributed by atoms with van der Waals surface area (Å²) >= 11 is 5.88. The molecule has 0 bridgehead atoms. The molecular weight excluding hydrogens is 227 g/mol. The molecule has 2 rings (SSSR count). The van der Waals surface area contributed by atoms with Crippen molar-refractivity contribution in [2.45, 2.75) is 25.8 Å². The minimum absolute atomic E-state index is 0.229. The molecule has 0 amide bonds. The van der Waals surface area contributed by atoms with Crippen LogP contribution >= 0.6 is 11.6 Å². The Bertz CT molecular complexity index is 351. The van der Waals surface area contributed by atoms with Crippen molar-refractivity contribution in [1.82, 2.24) is 10.4 Å². The number of halogens is 2. The molecule has 0 spiro atoms. The van der Waals surface area contributed by atoms with E-state index in [2.05, 4.69) is 10.4 Å². The topological polar surface area (TPSA) is 15.3 Å². The van der Waals surface area contributed by atoms with Crippen molar-refractivity contribution in [3.63, 3.8) is 0 Å². The van der Waals surface area contributed by atoms with Crippen LogP contribution in [0.5, 0.6) is 0 Å².